The molecule has 6 nitrogen and oxygen atoms in total. The Bertz CT molecular complexity index is 1020. The molecule has 0 saturated carbocycles. The molecule has 1 fully saturated rings. The number of halogens is 3. The maximum absolute atomic E-state index is 13.5. The van der Waals surface area contributed by atoms with Crippen LogP contribution in [0.3, 0.4) is 0 Å². The molecule has 0 bridgehead atoms. The maximum atomic E-state index is 13.5. The maximum Gasteiger partial charge on any atom is 0.416 e. The van der Waals surface area contributed by atoms with Gasteiger partial charge in [0, 0.05) is 41.8 Å². The SMILES string of the molecule is Cc1ccc(NC(=O)c2cc(N3CCN(C)CC3=O)cc(C(F)(F)F)c2)cc1NC(C)C. The molecular weight excluding hydrogens is 421 g/mol. The van der Waals surface area contributed by atoms with Gasteiger partial charge in [0.25, 0.3) is 5.91 Å². The zero-order valence-electron chi connectivity index (χ0n) is 18.5. The van der Waals surface area contributed by atoms with Crippen LogP contribution >= 0.6 is 0 Å². The number of hydrogen-bond acceptors (Lipinski definition) is 4. The van der Waals surface area contributed by atoms with Crippen LogP contribution in [0, 0.1) is 6.92 Å². The molecule has 0 aliphatic carbocycles. The Kier molecular flexibility index (Phi) is 6.78. The normalized spacial score (nSPS) is 15.2. The first kappa shape index (κ1) is 23.6. The lowest BCUT2D eigenvalue weighted by atomic mass is 10.1. The highest BCUT2D eigenvalue weighted by atomic mass is 19.4. The molecule has 2 aromatic rings. The molecule has 0 aromatic heterocycles. The zero-order valence-corrected chi connectivity index (χ0v) is 18.5. The van der Waals surface area contributed by atoms with Crippen LogP contribution in [0.25, 0.3) is 0 Å². The molecule has 1 aliphatic rings. The molecule has 2 N–H and O–H groups in total. The average Bonchev–Trinajstić information content (AvgIpc) is 2.69. The average molecular weight is 448 g/mol. The molecule has 0 unspecified atom stereocenters. The van der Waals surface area contributed by atoms with Crippen molar-refractivity contribution in [3.05, 3.63) is 53.1 Å². The van der Waals surface area contributed by atoms with E-state index < -0.39 is 17.6 Å². The molecule has 0 spiro atoms. The van der Waals surface area contributed by atoms with Crippen molar-refractivity contribution in [1.82, 2.24) is 4.90 Å². The van der Waals surface area contributed by atoms with Gasteiger partial charge in [-0.15, -0.1) is 0 Å². The van der Waals surface area contributed by atoms with Crippen molar-refractivity contribution in [3.8, 4) is 0 Å². The van der Waals surface area contributed by atoms with E-state index in [0.717, 1.165) is 23.4 Å². The molecule has 9 heteroatoms. The van der Waals surface area contributed by atoms with E-state index in [2.05, 4.69) is 10.6 Å². The van der Waals surface area contributed by atoms with E-state index in [0.29, 0.717) is 12.2 Å². The zero-order chi connectivity index (χ0) is 23.6. The topological polar surface area (TPSA) is 64.7 Å². The Morgan fingerprint density at radius 1 is 1.09 bits per heavy atom. The van der Waals surface area contributed by atoms with Gasteiger partial charge in [-0.3, -0.25) is 14.5 Å². The summed E-state index contributed by atoms with van der Waals surface area (Å²) in [5.41, 5.74) is 1.18. The van der Waals surface area contributed by atoms with Gasteiger partial charge in [-0.1, -0.05) is 6.07 Å². The highest BCUT2D eigenvalue weighted by Gasteiger charge is 2.33. The van der Waals surface area contributed by atoms with Crippen LogP contribution in [0.2, 0.25) is 0 Å². The first-order valence-corrected chi connectivity index (χ1v) is 10.3. The number of aryl methyl sites for hydroxylation is 1. The number of benzene rings is 2. The number of anilines is 3. The number of nitrogens with one attached hydrogen (secondary N) is 2. The lowest BCUT2D eigenvalue weighted by Gasteiger charge is -2.32. The second kappa shape index (κ2) is 9.20. The molecule has 3 rings (SSSR count). The van der Waals surface area contributed by atoms with Gasteiger partial charge in [0.15, 0.2) is 0 Å². The molecule has 1 heterocycles. The van der Waals surface area contributed by atoms with E-state index in [1.807, 2.05) is 26.8 Å². The molecule has 172 valence electrons. The predicted molar refractivity (Wildman–Crippen MR) is 119 cm³/mol. The molecule has 1 saturated heterocycles. The third kappa shape index (κ3) is 5.59. The fourth-order valence-corrected chi connectivity index (χ4v) is 3.50. The largest absolute Gasteiger partial charge is 0.416 e. The molecule has 32 heavy (non-hydrogen) atoms. The fraction of sp³-hybridized carbons (Fsp3) is 0.391. The predicted octanol–water partition coefficient (Wildman–Crippen LogP) is 4.36. The van der Waals surface area contributed by atoms with E-state index in [9.17, 15) is 22.8 Å². The summed E-state index contributed by atoms with van der Waals surface area (Å²) in [7, 11) is 1.77. The fourth-order valence-electron chi connectivity index (χ4n) is 3.50. The van der Waals surface area contributed by atoms with Crippen LogP contribution < -0.4 is 15.5 Å². The van der Waals surface area contributed by atoms with Gasteiger partial charge >= 0.3 is 6.18 Å². The van der Waals surface area contributed by atoms with Crippen LogP contribution in [-0.4, -0.2) is 49.4 Å². The van der Waals surface area contributed by atoms with Crippen LogP contribution in [0.5, 0.6) is 0 Å². The molecular formula is C23H27F3N4O2. The Labute approximate surface area is 185 Å². The second-order valence-corrected chi connectivity index (χ2v) is 8.33. The van der Waals surface area contributed by atoms with Crippen molar-refractivity contribution < 1.29 is 22.8 Å². The number of amides is 2. The number of carbonyl (C=O) groups excluding carboxylic acids is 2. The minimum atomic E-state index is -4.65. The van der Waals surface area contributed by atoms with Crippen molar-refractivity contribution in [2.24, 2.45) is 0 Å². The summed E-state index contributed by atoms with van der Waals surface area (Å²) in [5.74, 6) is -0.995. The standard InChI is InChI=1S/C23H27F3N4O2/c1-14(2)27-20-12-18(6-5-15(20)3)28-22(32)16-9-17(23(24,25)26)11-19(10-16)30-8-7-29(4)13-21(30)31/h5-6,9-12,14,27H,7-8,13H2,1-4H3,(H,28,32). The summed E-state index contributed by atoms with van der Waals surface area (Å²) in [6, 6.07) is 8.47. The Balaban J connectivity index is 1.93. The van der Waals surface area contributed by atoms with E-state index in [1.54, 1.807) is 24.1 Å². The van der Waals surface area contributed by atoms with Crippen LogP contribution in [-0.2, 0) is 11.0 Å². The first-order chi connectivity index (χ1) is 14.9. The molecule has 1 aliphatic heterocycles. The first-order valence-electron chi connectivity index (χ1n) is 10.3. The number of carbonyl (C=O) groups is 2. The number of likely N-dealkylation sites (N-methyl/N-ethyl adjacent to an activating group) is 1. The van der Waals surface area contributed by atoms with Gasteiger partial charge < -0.3 is 15.5 Å². The van der Waals surface area contributed by atoms with Gasteiger partial charge in [-0.2, -0.15) is 13.2 Å². The van der Waals surface area contributed by atoms with Gasteiger partial charge in [-0.05, 0) is 63.7 Å². The third-order valence-corrected chi connectivity index (χ3v) is 5.17. The van der Waals surface area contributed by atoms with Crippen LogP contribution in [0.15, 0.2) is 36.4 Å². The van der Waals surface area contributed by atoms with Crippen molar-refractivity contribution in [2.45, 2.75) is 33.0 Å². The third-order valence-electron chi connectivity index (χ3n) is 5.17. The van der Waals surface area contributed by atoms with E-state index >= 15 is 0 Å². The van der Waals surface area contributed by atoms with Gasteiger partial charge in [0.05, 0.1) is 12.1 Å². The number of rotatable bonds is 5. The number of piperazine rings is 1. The van der Waals surface area contributed by atoms with Crippen LogP contribution in [0.4, 0.5) is 30.2 Å². The Morgan fingerprint density at radius 3 is 2.44 bits per heavy atom. The summed E-state index contributed by atoms with van der Waals surface area (Å²) in [5, 5.41) is 5.94. The Morgan fingerprint density at radius 2 is 1.81 bits per heavy atom. The number of nitrogens with zero attached hydrogens (tertiary/aromatic N) is 2. The van der Waals surface area contributed by atoms with E-state index in [4.69, 9.17) is 0 Å². The molecule has 2 aromatic carbocycles. The van der Waals surface area contributed by atoms with Crippen molar-refractivity contribution in [2.75, 3.05) is 42.2 Å². The number of hydrogen-bond donors (Lipinski definition) is 2. The summed E-state index contributed by atoms with van der Waals surface area (Å²) in [6.07, 6.45) is -4.65. The van der Waals surface area contributed by atoms with Gasteiger partial charge in [-0.25, -0.2) is 0 Å². The summed E-state index contributed by atoms with van der Waals surface area (Å²) >= 11 is 0. The highest BCUT2D eigenvalue weighted by molar-refractivity contribution is 6.06. The quantitative estimate of drug-likeness (QED) is 0.713. The van der Waals surface area contributed by atoms with Gasteiger partial charge in [0.2, 0.25) is 5.91 Å². The van der Waals surface area contributed by atoms with Crippen molar-refractivity contribution in [3.63, 3.8) is 0 Å². The van der Waals surface area contributed by atoms with E-state index in [1.165, 1.54) is 11.0 Å². The Hall–Kier alpha value is -3.07. The van der Waals surface area contributed by atoms with Crippen LogP contribution in [0.1, 0.15) is 35.3 Å². The number of alkyl halides is 3. The van der Waals surface area contributed by atoms with Crippen molar-refractivity contribution >= 4 is 28.9 Å². The molecule has 0 atom stereocenters. The molecule has 2 amide bonds. The molecule has 0 radical (unpaired) electrons. The minimum Gasteiger partial charge on any atom is -0.383 e. The summed E-state index contributed by atoms with van der Waals surface area (Å²) in [4.78, 5) is 28.3. The monoisotopic (exact) mass is 448 g/mol. The smallest absolute Gasteiger partial charge is 0.383 e. The lowest BCUT2D eigenvalue weighted by molar-refractivity contribution is -0.137. The second-order valence-electron chi connectivity index (χ2n) is 8.33. The van der Waals surface area contributed by atoms with Crippen molar-refractivity contribution in [1.29, 1.82) is 0 Å². The summed E-state index contributed by atoms with van der Waals surface area (Å²) in [6.45, 7) is 6.76. The van der Waals surface area contributed by atoms with Gasteiger partial charge in [0.1, 0.15) is 0 Å². The minimum absolute atomic E-state index is 0.0640. The highest BCUT2D eigenvalue weighted by Crippen LogP contribution is 2.34. The van der Waals surface area contributed by atoms with E-state index in [-0.39, 0.29) is 36.3 Å². The summed E-state index contributed by atoms with van der Waals surface area (Å²) < 4.78 is 40.6. The lowest BCUT2D eigenvalue weighted by Crippen LogP contribution is -2.49.